The highest BCUT2D eigenvalue weighted by molar-refractivity contribution is 9.10. The second-order valence-corrected chi connectivity index (χ2v) is 7.57. The molecule has 21 heavy (non-hydrogen) atoms. The Morgan fingerprint density at radius 2 is 1.90 bits per heavy atom. The van der Waals surface area contributed by atoms with Gasteiger partial charge in [-0.1, -0.05) is 45.8 Å². The molecule has 2 aromatic carbocycles. The Bertz CT molecular complexity index is 797. The highest BCUT2D eigenvalue weighted by atomic mass is 79.9. The summed E-state index contributed by atoms with van der Waals surface area (Å²) in [5.41, 5.74) is 1.36. The smallest absolute Gasteiger partial charge is 0.337 e. The number of aryl methyl sites for hydroxylation is 1. The maximum Gasteiger partial charge on any atom is 0.337 e. The SMILES string of the molecule is Cc1cccc(CS(=O)(=O)c2ccc(Br)cc2C(=O)O)c1. The molecule has 0 aliphatic carbocycles. The molecule has 1 N–H and O–H groups in total. The largest absolute Gasteiger partial charge is 0.478 e. The molecule has 0 amide bonds. The third kappa shape index (κ3) is 3.71. The highest BCUT2D eigenvalue weighted by Gasteiger charge is 2.23. The molecule has 0 aliphatic rings. The minimum absolute atomic E-state index is 0.167. The second kappa shape index (κ2) is 5.99. The van der Waals surface area contributed by atoms with E-state index in [9.17, 15) is 18.3 Å². The van der Waals surface area contributed by atoms with E-state index in [1.807, 2.05) is 13.0 Å². The number of hydrogen-bond acceptors (Lipinski definition) is 3. The summed E-state index contributed by atoms with van der Waals surface area (Å²) in [5, 5.41) is 9.18. The normalized spacial score (nSPS) is 11.3. The maximum absolute atomic E-state index is 12.5. The Morgan fingerprint density at radius 1 is 1.19 bits per heavy atom. The van der Waals surface area contributed by atoms with Crippen molar-refractivity contribution in [3.63, 3.8) is 0 Å². The van der Waals surface area contributed by atoms with Crippen LogP contribution in [-0.4, -0.2) is 19.5 Å². The van der Waals surface area contributed by atoms with Crippen molar-refractivity contribution in [1.82, 2.24) is 0 Å². The van der Waals surface area contributed by atoms with Crippen LogP contribution in [0.3, 0.4) is 0 Å². The topological polar surface area (TPSA) is 71.4 Å². The van der Waals surface area contributed by atoms with Crippen molar-refractivity contribution in [2.75, 3.05) is 0 Å². The van der Waals surface area contributed by atoms with Gasteiger partial charge < -0.3 is 5.11 Å². The molecule has 0 aliphatic heterocycles. The summed E-state index contributed by atoms with van der Waals surface area (Å²) in [5.74, 6) is -1.49. The van der Waals surface area contributed by atoms with E-state index in [-0.39, 0.29) is 16.2 Å². The molecule has 0 saturated carbocycles. The van der Waals surface area contributed by atoms with Crippen molar-refractivity contribution in [2.45, 2.75) is 17.6 Å². The van der Waals surface area contributed by atoms with Crippen LogP contribution >= 0.6 is 15.9 Å². The number of hydrogen-bond donors (Lipinski definition) is 1. The van der Waals surface area contributed by atoms with Crippen LogP contribution in [0.25, 0.3) is 0 Å². The first kappa shape index (κ1) is 15.7. The number of carboxylic acid groups (broad SMARTS) is 1. The fourth-order valence-corrected chi connectivity index (χ4v) is 3.93. The summed E-state index contributed by atoms with van der Waals surface area (Å²) in [6.45, 7) is 1.87. The van der Waals surface area contributed by atoms with E-state index < -0.39 is 15.8 Å². The van der Waals surface area contributed by atoms with Gasteiger partial charge in [0, 0.05) is 4.47 Å². The standard InChI is InChI=1S/C15H13BrO4S/c1-10-3-2-4-11(7-10)9-21(19,20)14-6-5-12(16)8-13(14)15(17)18/h2-8H,9H2,1H3,(H,17,18). The number of carbonyl (C=O) groups is 1. The van der Waals surface area contributed by atoms with E-state index in [1.165, 1.54) is 18.2 Å². The fraction of sp³-hybridized carbons (Fsp3) is 0.133. The molecule has 110 valence electrons. The highest BCUT2D eigenvalue weighted by Crippen LogP contribution is 2.24. The molecule has 0 atom stereocenters. The van der Waals surface area contributed by atoms with Crippen LogP contribution in [0.5, 0.6) is 0 Å². The van der Waals surface area contributed by atoms with Gasteiger partial charge in [-0.05, 0) is 30.7 Å². The number of benzene rings is 2. The lowest BCUT2D eigenvalue weighted by Gasteiger charge is -2.09. The molecule has 0 heterocycles. The van der Waals surface area contributed by atoms with Crippen LogP contribution < -0.4 is 0 Å². The number of sulfone groups is 1. The molecule has 2 rings (SSSR count). The maximum atomic E-state index is 12.5. The van der Waals surface area contributed by atoms with Gasteiger partial charge in [0.1, 0.15) is 0 Å². The van der Waals surface area contributed by atoms with Crippen LogP contribution in [0.2, 0.25) is 0 Å². The van der Waals surface area contributed by atoms with Crippen LogP contribution in [0.1, 0.15) is 21.5 Å². The zero-order chi connectivity index (χ0) is 15.6. The van der Waals surface area contributed by atoms with Gasteiger partial charge in [-0.25, -0.2) is 13.2 Å². The predicted molar refractivity (Wildman–Crippen MR) is 83.2 cm³/mol. The van der Waals surface area contributed by atoms with Crippen molar-refractivity contribution < 1.29 is 18.3 Å². The van der Waals surface area contributed by atoms with E-state index >= 15 is 0 Å². The first-order valence-electron chi connectivity index (χ1n) is 6.11. The molecule has 0 unspecified atom stereocenters. The summed E-state index contributed by atoms with van der Waals surface area (Å²) in [4.78, 5) is 11.1. The molecule has 0 spiro atoms. The van der Waals surface area contributed by atoms with Gasteiger partial charge >= 0.3 is 5.97 Å². The lowest BCUT2D eigenvalue weighted by Crippen LogP contribution is -2.11. The van der Waals surface area contributed by atoms with Gasteiger partial charge in [-0.2, -0.15) is 0 Å². The summed E-state index contributed by atoms with van der Waals surface area (Å²) in [6.07, 6.45) is 0. The molecular formula is C15H13BrO4S. The third-order valence-electron chi connectivity index (χ3n) is 2.95. The lowest BCUT2D eigenvalue weighted by molar-refractivity contribution is 0.0692. The Hall–Kier alpha value is -1.66. The average Bonchev–Trinajstić information content (AvgIpc) is 2.37. The fourth-order valence-electron chi connectivity index (χ4n) is 2.04. The molecule has 0 bridgehead atoms. The van der Waals surface area contributed by atoms with Crippen LogP contribution in [0.15, 0.2) is 51.8 Å². The quantitative estimate of drug-likeness (QED) is 0.896. The minimum atomic E-state index is -3.72. The first-order valence-corrected chi connectivity index (χ1v) is 8.55. The molecule has 0 aromatic heterocycles. The minimum Gasteiger partial charge on any atom is -0.478 e. The van der Waals surface area contributed by atoms with E-state index in [4.69, 9.17) is 0 Å². The molecule has 0 radical (unpaired) electrons. The molecular weight excluding hydrogens is 356 g/mol. The van der Waals surface area contributed by atoms with E-state index in [0.29, 0.717) is 10.0 Å². The van der Waals surface area contributed by atoms with Gasteiger partial charge in [0.25, 0.3) is 0 Å². The van der Waals surface area contributed by atoms with E-state index in [2.05, 4.69) is 15.9 Å². The van der Waals surface area contributed by atoms with Crippen molar-refractivity contribution in [1.29, 1.82) is 0 Å². The summed E-state index contributed by atoms with van der Waals surface area (Å²) in [6, 6.07) is 11.3. The Kier molecular flexibility index (Phi) is 4.49. The van der Waals surface area contributed by atoms with Crippen molar-refractivity contribution in [3.8, 4) is 0 Å². The van der Waals surface area contributed by atoms with Gasteiger partial charge in [0.2, 0.25) is 0 Å². The van der Waals surface area contributed by atoms with Crippen LogP contribution in [0, 0.1) is 6.92 Å². The zero-order valence-electron chi connectivity index (χ0n) is 11.2. The number of rotatable bonds is 4. The summed E-state index contributed by atoms with van der Waals surface area (Å²) in [7, 11) is -3.72. The Labute approximate surface area is 131 Å². The van der Waals surface area contributed by atoms with Crippen LogP contribution in [0.4, 0.5) is 0 Å². The molecule has 4 nitrogen and oxygen atoms in total. The van der Waals surface area contributed by atoms with E-state index in [0.717, 1.165) is 5.56 Å². The Balaban J connectivity index is 2.47. The molecule has 2 aromatic rings. The van der Waals surface area contributed by atoms with Crippen molar-refractivity contribution in [2.24, 2.45) is 0 Å². The van der Waals surface area contributed by atoms with Gasteiger partial charge in [0.15, 0.2) is 9.84 Å². The number of halogens is 1. The monoisotopic (exact) mass is 368 g/mol. The summed E-state index contributed by atoms with van der Waals surface area (Å²) >= 11 is 3.15. The third-order valence-corrected chi connectivity index (χ3v) is 5.18. The second-order valence-electron chi connectivity index (χ2n) is 4.69. The van der Waals surface area contributed by atoms with Gasteiger partial charge in [0.05, 0.1) is 16.2 Å². The number of carboxylic acids is 1. The van der Waals surface area contributed by atoms with Gasteiger partial charge in [-0.15, -0.1) is 0 Å². The van der Waals surface area contributed by atoms with E-state index in [1.54, 1.807) is 18.2 Å². The lowest BCUT2D eigenvalue weighted by atomic mass is 10.2. The van der Waals surface area contributed by atoms with Crippen molar-refractivity contribution in [3.05, 3.63) is 63.6 Å². The van der Waals surface area contributed by atoms with Crippen LogP contribution in [-0.2, 0) is 15.6 Å². The molecule has 6 heteroatoms. The van der Waals surface area contributed by atoms with Gasteiger partial charge in [-0.3, -0.25) is 0 Å². The average molecular weight is 369 g/mol. The molecule has 0 fully saturated rings. The zero-order valence-corrected chi connectivity index (χ0v) is 13.6. The van der Waals surface area contributed by atoms with Crippen molar-refractivity contribution >= 4 is 31.7 Å². The molecule has 0 saturated heterocycles. The number of aromatic carboxylic acids is 1. The Morgan fingerprint density at radius 3 is 2.52 bits per heavy atom. The first-order chi connectivity index (χ1) is 9.79. The summed E-state index contributed by atoms with van der Waals surface area (Å²) < 4.78 is 25.5. The predicted octanol–water partition coefficient (Wildman–Crippen LogP) is 3.43.